The molecule has 0 unspecified atom stereocenters. The lowest BCUT2D eigenvalue weighted by molar-refractivity contribution is 0.464. The maximum atomic E-state index is 12.4. The van der Waals surface area contributed by atoms with Crippen LogP contribution >= 0.6 is 11.8 Å². The number of nitrogens with zero attached hydrogens (tertiary/aromatic N) is 4. The Hall–Kier alpha value is -2.41. The van der Waals surface area contributed by atoms with Crippen molar-refractivity contribution in [3.8, 4) is 11.5 Å². The van der Waals surface area contributed by atoms with Crippen molar-refractivity contribution in [3.63, 3.8) is 0 Å². The first kappa shape index (κ1) is 15.5. The van der Waals surface area contributed by atoms with Crippen molar-refractivity contribution in [1.29, 1.82) is 0 Å². The highest BCUT2D eigenvalue weighted by molar-refractivity contribution is 7.99. The second-order valence-electron chi connectivity index (χ2n) is 5.42. The fourth-order valence-corrected chi connectivity index (χ4v) is 2.75. The van der Waals surface area contributed by atoms with E-state index in [1.165, 1.54) is 0 Å². The number of benzene rings is 1. The molecule has 2 aromatic heterocycles. The van der Waals surface area contributed by atoms with Gasteiger partial charge in [0.15, 0.2) is 5.03 Å². The van der Waals surface area contributed by atoms with E-state index in [9.17, 15) is 4.79 Å². The number of rotatable bonds is 5. The summed E-state index contributed by atoms with van der Waals surface area (Å²) >= 11 is 1.09. The third-order valence-corrected chi connectivity index (χ3v) is 3.87. The fraction of sp³-hybridized carbons (Fsp3) is 0.250. The van der Waals surface area contributed by atoms with Crippen LogP contribution in [0.3, 0.4) is 0 Å². The van der Waals surface area contributed by atoms with Gasteiger partial charge in [0.25, 0.3) is 10.8 Å². The van der Waals surface area contributed by atoms with Crippen LogP contribution in [0.2, 0.25) is 0 Å². The Balaban J connectivity index is 1.83. The van der Waals surface area contributed by atoms with E-state index in [1.54, 1.807) is 17.0 Å². The maximum Gasteiger partial charge on any atom is 0.283 e. The van der Waals surface area contributed by atoms with Crippen LogP contribution in [0, 0.1) is 5.92 Å². The Kier molecular flexibility index (Phi) is 4.57. The third kappa shape index (κ3) is 3.68. The van der Waals surface area contributed by atoms with E-state index in [0.29, 0.717) is 28.6 Å². The van der Waals surface area contributed by atoms with Gasteiger partial charge in [0.1, 0.15) is 0 Å². The van der Waals surface area contributed by atoms with Gasteiger partial charge in [-0.25, -0.2) is 4.98 Å². The van der Waals surface area contributed by atoms with E-state index in [-0.39, 0.29) is 5.56 Å². The van der Waals surface area contributed by atoms with Gasteiger partial charge in [-0.2, -0.15) is 0 Å². The van der Waals surface area contributed by atoms with Crippen molar-refractivity contribution in [2.45, 2.75) is 30.6 Å². The summed E-state index contributed by atoms with van der Waals surface area (Å²) in [5.41, 5.74) is 0.691. The molecular weight excluding hydrogens is 312 g/mol. The van der Waals surface area contributed by atoms with E-state index in [1.807, 2.05) is 30.3 Å². The molecule has 0 aliphatic carbocycles. The quantitative estimate of drug-likeness (QED) is 0.716. The number of hydrogen-bond acceptors (Lipinski definition) is 6. The summed E-state index contributed by atoms with van der Waals surface area (Å²) in [6.45, 7) is 4.77. The molecule has 118 valence electrons. The van der Waals surface area contributed by atoms with Crippen LogP contribution in [-0.2, 0) is 6.54 Å². The standard InChI is InChI=1S/C16H16N4O2S/c1-11(2)10-20-9-8-17-14(15(20)21)23-16-19-18-13(22-16)12-6-4-3-5-7-12/h3-9,11H,10H2,1-2H3. The van der Waals surface area contributed by atoms with Crippen LogP contribution in [0.25, 0.3) is 11.5 Å². The average molecular weight is 328 g/mol. The Labute approximate surface area is 137 Å². The van der Waals surface area contributed by atoms with E-state index in [2.05, 4.69) is 29.0 Å². The molecule has 0 radical (unpaired) electrons. The summed E-state index contributed by atoms with van der Waals surface area (Å²) in [5.74, 6) is 0.799. The van der Waals surface area contributed by atoms with Crippen molar-refractivity contribution < 1.29 is 4.42 Å². The predicted octanol–water partition coefficient (Wildman–Crippen LogP) is 3.10. The van der Waals surface area contributed by atoms with Crippen molar-refractivity contribution in [1.82, 2.24) is 19.7 Å². The fourth-order valence-electron chi connectivity index (χ4n) is 2.07. The van der Waals surface area contributed by atoms with Gasteiger partial charge in [-0.05, 0) is 29.8 Å². The SMILES string of the molecule is CC(C)Cn1ccnc(Sc2nnc(-c3ccccc3)o2)c1=O. The molecule has 0 atom stereocenters. The van der Waals surface area contributed by atoms with Crippen LogP contribution < -0.4 is 5.56 Å². The van der Waals surface area contributed by atoms with E-state index < -0.39 is 0 Å². The Morgan fingerprint density at radius 3 is 2.74 bits per heavy atom. The zero-order valence-electron chi connectivity index (χ0n) is 12.8. The van der Waals surface area contributed by atoms with Crippen LogP contribution in [0.5, 0.6) is 0 Å². The molecule has 0 N–H and O–H groups in total. The molecule has 0 fully saturated rings. The lowest BCUT2D eigenvalue weighted by Gasteiger charge is -2.08. The van der Waals surface area contributed by atoms with Crippen LogP contribution in [0.4, 0.5) is 0 Å². The Morgan fingerprint density at radius 2 is 2.00 bits per heavy atom. The molecule has 0 aliphatic rings. The average Bonchev–Trinajstić information content (AvgIpc) is 3.00. The van der Waals surface area contributed by atoms with Gasteiger partial charge in [0, 0.05) is 24.5 Å². The monoisotopic (exact) mass is 328 g/mol. The van der Waals surface area contributed by atoms with Crippen molar-refractivity contribution in [2.24, 2.45) is 5.92 Å². The molecule has 23 heavy (non-hydrogen) atoms. The zero-order chi connectivity index (χ0) is 16.2. The molecule has 3 rings (SSSR count). The van der Waals surface area contributed by atoms with Crippen molar-refractivity contribution in [3.05, 3.63) is 53.1 Å². The third-order valence-electron chi connectivity index (χ3n) is 3.06. The molecule has 0 saturated heterocycles. The van der Waals surface area contributed by atoms with Gasteiger partial charge in [-0.3, -0.25) is 4.79 Å². The molecule has 0 saturated carbocycles. The highest BCUT2D eigenvalue weighted by Crippen LogP contribution is 2.25. The molecule has 0 aliphatic heterocycles. The minimum absolute atomic E-state index is 0.148. The van der Waals surface area contributed by atoms with Gasteiger partial charge in [-0.1, -0.05) is 32.0 Å². The first-order valence-electron chi connectivity index (χ1n) is 7.25. The highest BCUT2D eigenvalue weighted by atomic mass is 32.2. The summed E-state index contributed by atoms with van der Waals surface area (Å²) in [5, 5.41) is 8.62. The molecule has 0 spiro atoms. The summed E-state index contributed by atoms with van der Waals surface area (Å²) < 4.78 is 7.25. The smallest absolute Gasteiger partial charge is 0.283 e. The van der Waals surface area contributed by atoms with E-state index in [4.69, 9.17) is 4.42 Å². The van der Waals surface area contributed by atoms with Crippen molar-refractivity contribution >= 4 is 11.8 Å². The number of hydrogen-bond donors (Lipinski definition) is 0. The molecule has 0 amide bonds. The van der Waals surface area contributed by atoms with Gasteiger partial charge >= 0.3 is 0 Å². The van der Waals surface area contributed by atoms with Gasteiger partial charge in [-0.15, -0.1) is 10.2 Å². The molecule has 1 aromatic carbocycles. The van der Waals surface area contributed by atoms with Crippen molar-refractivity contribution in [2.75, 3.05) is 0 Å². The molecule has 7 heteroatoms. The topological polar surface area (TPSA) is 73.8 Å². The Bertz CT molecular complexity index is 843. The summed E-state index contributed by atoms with van der Waals surface area (Å²) in [6, 6.07) is 9.49. The van der Waals surface area contributed by atoms with Gasteiger partial charge in [0.05, 0.1) is 0 Å². The number of aromatic nitrogens is 4. The Morgan fingerprint density at radius 1 is 1.22 bits per heavy atom. The first-order valence-corrected chi connectivity index (χ1v) is 8.07. The second kappa shape index (κ2) is 6.78. The second-order valence-corrected chi connectivity index (χ2v) is 6.37. The lowest BCUT2D eigenvalue weighted by atomic mass is 10.2. The van der Waals surface area contributed by atoms with Crippen LogP contribution in [0.1, 0.15) is 13.8 Å². The first-order chi connectivity index (χ1) is 11.1. The molecule has 6 nitrogen and oxygen atoms in total. The van der Waals surface area contributed by atoms with Gasteiger partial charge in [0.2, 0.25) is 5.89 Å². The predicted molar refractivity (Wildman–Crippen MR) is 87.2 cm³/mol. The maximum absolute atomic E-state index is 12.4. The summed E-state index contributed by atoms with van der Waals surface area (Å²) in [7, 11) is 0. The van der Waals surface area contributed by atoms with Crippen LogP contribution in [-0.4, -0.2) is 19.7 Å². The normalized spacial score (nSPS) is 11.1. The largest absolute Gasteiger partial charge is 0.411 e. The molecule has 3 aromatic rings. The summed E-state index contributed by atoms with van der Waals surface area (Å²) in [6.07, 6.45) is 3.30. The van der Waals surface area contributed by atoms with E-state index in [0.717, 1.165) is 17.3 Å². The molecule has 2 heterocycles. The minimum Gasteiger partial charge on any atom is -0.411 e. The van der Waals surface area contributed by atoms with Crippen LogP contribution in [0.15, 0.2) is 62.2 Å². The molecular formula is C16H16N4O2S. The van der Waals surface area contributed by atoms with E-state index >= 15 is 0 Å². The minimum atomic E-state index is -0.148. The van der Waals surface area contributed by atoms with Gasteiger partial charge < -0.3 is 8.98 Å². The highest BCUT2D eigenvalue weighted by Gasteiger charge is 2.14. The zero-order valence-corrected chi connectivity index (χ0v) is 13.7. The summed E-state index contributed by atoms with van der Waals surface area (Å²) in [4.78, 5) is 16.5. The lowest BCUT2D eigenvalue weighted by Crippen LogP contribution is -2.24. The molecule has 0 bridgehead atoms.